The van der Waals surface area contributed by atoms with Gasteiger partial charge in [0.2, 0.25) is 0 Å². The van der Waals surface area contributed by atoms with Gasteiger partial charge in [0.15, 0.2) is 0 Å². The number of hydrogen-bond acceptors (Lipinski definition) is 2. The van der Waals surface area contributed by atoms with Crippen molar-refractivity contribution in [3.8, 4) is 0 Å². The van der Waals surface area contributed by atoms with Crippen LogP contribution in [0.3, 0.4) is 0 Å². The predicted molar refractivity (Wildman–Crippen MR) is 101 cm³/mol. The highest BCUT2D eigenvalue weighted by molar-refractivity contribution is 6.40. The number of rotatable bonds is 5. The maximum Gasteiger partial charge on any atom is 0.338 e. The summed E-state index contributed by atoms with van der Waals surface area (Å²) >= 11 is 18.2. The van der Waals surface area contributed by atoms with Crippen LogP contribution >= 0.6 is 34.8 Å². The van der Waals surface area contributed by atoms with Gasteiger partial charge in [-0.15, -0.1) is 0 Å². The van der Waals surface area contributed by atoms with Gasteiger partial charge in [0.25, 0.3) is 5.91 Å². The number of carboxylic acid groups (broad SMARTS) is 1. The molecule has 2 rings (SSSR count). The maximum absolute atomic E-state index is 12.7. The SMILES string of the molecule is C=C/C=C(Cl)\C=C(/C)CN1CCc2c(cc(Cl)c(C(=O)O)c2Cl)C1=O. The summed E-state index contributed by atoms with van der Waals surface area (Å²) in [6.45, 7) is 6.27. The van der Waals surface area contributed by atoms with E-state index in [0.717, 1.165) is 5.57 Å². The van der Waals surface area contributed by atoms with E-state index in [1.54, 1.807) is 23.1 Å². The van der Waals surface area contributed by atoms with Crippen LogP contribution in [-0.4, -0.2) is 35.0 Å². The number of fused-ring (bicyclic) bond motifs is 1. The van der Waals surface area contributed by atoms with E-state index in [9.17, 15) is 14.7 Å². The van der Waals surface area contributed by atoms with Gasteiger partial charge in [0.05, 0.1) is 15.6 Å². The van der Waals surface area contributed by atoms with E-state index < -0.39 is 5.97 Å². The Morgan fingerprint density at radius 3 is 2.72 bits per heavy atom. The van der Waals surface area contributed by atoms with Gasteiger partial charge in [-0.25, -0.2) is 4.79 Å². The van der Waals surface area contributed by atoms with Gasteiger partial charge >= 0.3 is 5.97 Å². The maximum atomic E-state index is 12.7. The van der Waals surface area contributed by atoms with E-state index in [1.807, 2.05) is 6.92 Å². The zero-order valence-electron chi connectivity index (χ0n) is 13.5. The molecule has 1 heterocycles. The summed E-state index contributed by atoms with van der Waals surface area (Å²) in [5.41, 5.74) is 1.60. The molecule has 0 bridgehead atoms. The highest BCUT2D eigenvalue weighted by Crippen LogP contribution is 2.34. The lowest BCUT2D eigenvalue weighted by Crippen LogP contribution is -2.39. The van der Waals surface area contributed by atoms with Crippen molar-refractivity contribution in [2.45, 2.75) is 13.3 Å². The Morgan fingerprint density at radius 1 is 1.44 bits per heavy atom. The number of amides is 1. The summed E-state index contributed by atoms with van der Waals surface area (Å²) in [6, 6.07) is 1.38. The van der Waals surface area contributed by atoms with E-state index in [-0.39, 0.29) is 21.5 Å². The molecule has 0 spiro atoms. The molecule has 1 aromatic rings. The largest absolute Gasteiger partial charge is 0.478 e. The molecule has 132 valence electrons. The van der Waals surface area contributed by atoms with E-state index in [1.165, 1.54) is 6.07 Å². The minimum atomic E-state index is -1.21. The summed E-state index contributed by atoms with van der Waals surface area (Å²) in [6.07, 6.45) is 5.46. The standard InChI is InChI=1S/C18H16Cl3NO3/c1-3-4-11(19)7-10(2)9-22-6-5-12-13(17(22)23)8-14(20)15(16(12)21)18(24)25/h3-4,7-8H,1,5-6,9H2,2H3,(H,24,25)/b10-7+,11-4+. The van der Waals surface area contributed by atoms with Crippen molar-refractivity contribution < 1.29 is 14.7 Å². The van der Waals surface area contributed by atoms with Gasteiger partial charge in [-0.05, 0) is 37.1 Å². The number of carboxylic acids is 1. The molecular weight excluding hydrogens is 385 g/mol. The van der Waals surface area contributed by atoms with Crippen molar-refractivity contribution in [2.24, 2.45) is 0 Å². The van der Waals surface area contributed by atoms with Gasteiger partial charge in [-0.3, -0.25) is 4.79 Å². The Balaban J connectivity index is 2.32. The van der Waals surface area contributed by atoms with E-state index in [4.69, 9.17) is 34.8 Å². The number of nitrogens with zero attached hydrogens (tertiary/aromatic N) is 1. The van der Waals surface area contributed by atoms with Crippen molar-refractivity contribution in [3.63, 3.8) is 0 Å². The molecule has 25 heavy (non-hydrogen) atoms. The summed E-state index contributed by atoms with van der Waals surface area (Å²) in [7, 11) is 0. The molecule has 1 aliphatic rings. The third-order valence-electron chi connectivity index (χ3n) is 3.78. The van der Waals surface area contributed by atoms with Gasteiger partial charge in [0.1, 0.15) is 0 Å². The lowest BCUT2D eigenvalue weighted by molar-refractivity contribution is 0.0693. The summed E-state index contributed by atoms with van der Waals surface area (Å²) in [5.74, 6) is -1.45. The van der Waals surface area contributed by atoms with Crippen LogP contribution < -0.4 is 0 Å². The first-order chi connectivity index (χ1) is 11.8. The number of hydrogen-bond donors (Lipinski definition) is 1. The molecule has 0 radical (unpaired) electrons. The Kier molecular flexibility index (Phi) is 6.33. The van der Waals surface area contributed by atoms with Gasteiger partial charge < -0.3 is 10.0 Å². The number of benzene rings is 1. The Bertz CT molecular complexity index is 812. The second-order valence-electron chi connectivity index (χ2n) is 5.63. The van der Waals surface area contributed by atoms with Crippen LogP contribution in [0.15, 0.2) is 41.5 Å². The van der Waals surface area contributed by atoms with Crippen LogP contribution in [0.4, 0.5) is 0 Å². The van der Waals surface area contributed by atoms with Crippen molar-refractivity contribution in [1.29, 1.82) is 0 Å². The first kappa shape index (κ1) is 19.6. The molecule has 1 N–H and O–H groups in total. The first-order valence-electron chi connectivity index (χ1n) is 7.45. The fourth-order valence-electron chi connectivity index (χ4n) is 2.70. The third-order valence-corrected chi connectivity index (χ3v) is 4.73. The Morgan fingerprint density at radius 2 is 2.12 bits per heavy atom. The minimum absolute atomic E-state index is 0.0345. The first-order valence-corrected chi connectivity index (χ1v) is 8.58. The van der Waals surface area contributed by atoms with Crippen LogP contribution in [-0.2, 0) is 6.42 Å². The molecule has 0 aromatic heterocycles. The van der Waals surface area contributed by atoms with Crippen molar-refractivity contribution in [2.75, 3.05) is 13.1 Å². The fraction of sp³-hybridized carbons (Fsp3) is 0.222. The number of aromatic carboxylic acids is 1. The van der Waals surface area contributed by atoms with E-state index in [2.05, 4.69) is 6.58 Å². The average Bonchev–Trinajstić information content (AvgIpc) is 2.50. The lowest BCUT2D eigenvalue weighted by atomic mass is 9.96. The van der Waals surface area contributed by atoms with Crippen molar-refractivity contribution >= 4 is 46.7 Å². The molecule has 1 aromatic carbocycles. The van der Waals surface area contributed by atoms with E-state index >= 15 is 0 Å². The van der Waals surface area contributed by atoms with Gasteiger partial charge in [-0.1, -0.05) is 53.0 Å². The molecule has 0 unspecified atom stereocenters. The summed E-state index contributed by atoms with van der Waals surface area (Å²) in [5, 5.41) is 9.73. The smallest absolute Gasteiger partial charge is 0.338 e. The van der Waals surface area contributed by atoms with Crippen LogP contribution in [0.25, 0.3) is 0 Å². The normalized spacial score (nSPS) is 15.2. The molecule has 0 saturated carbocycles. The molecule has 4 nitrogen and oxygen atoms in total. The lowest BCUT2D eigenvalue weighted by Gasteiger charge is -2.30. The molecule has 7 heteroatoms. The van der Waals surface area contributed by atoms with Gasteiger partial charge in [-0.2, -0.15) is 0 Å². The Hall–Kier alpha value is -1.75. The number of carbonyl (C=O) groups is 2. The average molecular weight is 401 g/mol. The highest BCUT2D eigenvalue weighted by atomic mass is 35.5. The molecule has 0 atom stereocenters. The second-order valence-corrected chi connectivity index (χ2v) is 6.85. The molecule has 0 fully saturated rings. The zero-order valence-corrected chi connectivity index (χ0v) is 15.8. The summed E-state index contributed by atoms with van der Waals surface area (Å²) in [4.78, 5) is 25.7. The molecule has 0 saturated heterocycles. The summed E-state index contributed by atoms with van der Waals surface area (Å²) < 4.78 is 0. The number of halogens is 3. The molecule has 0 aliphatic carbocycles. The van der Waals surface area contributed by atoms with Crippen LogP contribution in [0.1, 0.15) is 33.2 Å². The topological polar surface area (TPSA) is 57.6 Å². The third kappa shape index (κ3) is 4.27. The van der Waals surface area contributed by atoms with Crippen LogP contribution in [0, 0.1) is 0 Å². The predicted octanol–water partition coefficient (Wildman–Crippen LogP) is 4.94. The zero-order chi connectivity index (χ0) is 18.7. The molecule has 1 aliphatic heterocycles. The van der Waals surface area contributed by atoms with Crippen molar-refractivity contribution in [3.05, 3.63) is 68.2 Å². The highest BCUT2D eigenvalue weighted by Gasteiger charge is 2.30. The minimum Gasteiger partial charge on any atom is -0.478 e. The van der Waals surface area contributed by atoms with Crippen molar-refractivity contribution in [1.82, 2.24) is 4.90 Å². The quantitative estimate of drug-likeness (QED) is 0.712. The van der Waals surface area contributed by atoms with Crippen LogP contribution in [0.5, 0.6) is 0 Å². The van der Waals surface area contributed by atoms with Crippen LogP contribution in [0.2, 0.25) is 10.0 Å². The molecule has 1 amide bonds. The Labute approximate surface area is 161 Å². The van der Waals surface area contributed by atoms with E-state index in [0.29, 0.717) is 35.7 Å². The van der Waals surface area contributed by atoms with Gasteiger partial charge in [0, 0.05) is 23.7 Å². The number of allylic oxidation sites excluding steroid dienone is 4. The molecular formula is C18H16Cl3NO3. The fourth-order valence-corrected chi connectivity index (χ4v) is 3.69. The monoisotopic (exact) mass is 399 g/mol. The number of carbonyl (C=O) groups excluding carboxylic acids is 1. The second kappa shape index (κ2) is 8.09.